The molecule has 3 heterocycles. The fourth-order valence-electron chi connectivity index (χ4n) is 2.09. The minimum absolute atomic E-state index is 0.322. The Morgan fingerprint density at radius 2 is 1.79 bits per heavy atom. The van der Waals surface area contributed by atoms with Crippen LogP contribution < -0.4 is 5.46 Å². The van der Waals surface area contributed by atoms with Crippen LogP contribution in [0, 0.1) is 0 Å². The summed E-state index contributed by atoms with van der Waals surface area (Å²) in [6.45, 7) is 8.21. The van der Waals surface area contributed by atoms with Crippen LogP contribution in [0.2, 0.25) is 0 Å². The Labute approximate surface area is 121 Å². The van der Waals surface area contributed by atoms with Crippen molar-refractivity contribution in [1.82, 2.24) is 9.61 Å². The van der Waals surface area contributed by atoms with Crippen LogP contribution in [0.3, 0.4) is 0 Å². The van der Waals surface area contributed by atoms with E-state index in [2.05, 4.69) is 48.7 Å². The zero-order chi connectivity index (χ0) is 13.8. The molecule has 6 heteroatoms. The highest BCUT2D eigenvalue weighted by molar-refractivity contribution is 9.10. The Bertz CT molecular complexity index is 623. The molecule has 0 N–H and O–H groups in total. The van der Waals surface area contributed by atoms with E-state index in [0.717, 1.165) is 15.5 Å². The molecule has 0 saturated carbocycles. The van der Waals surface area contributed by atoms with Crippen molar-refractivity contribution in [2.45, 2.75) is 38.9 Å². The second-order valence-corrected chi connectivity index (χ2v) is 6.73. The van der Waals surface area contributed by atoms with Crippen molar-refractivity contribution < 1.29 is 9.31 Å². The van der Waals surface area contributed by atoms with E-state index in [1.54, 1.807) is 6.20 Å². The Kier molecular flexibility index (Phi) is 2.82. The number of rotatable bonds is 1. The molecule has 0 bridgehead atoms. The van der Waals surface area contributed by atoms with E-state index in [1.165, 1.54) is 0 Å². The van der Waals surface area contributed by atoms with E-state index in [-0.39, 0.29) is 18.3 Å². The zero-order valence-corrected chi connectivity index (χ0v) is 13.1. The lowest BCUT2D eigenvalue weighted by Gasteiger charge is -2.32. The van der Waals surface area contributed by atoms with Gasteiger partial charge < -0.3 is 9.31 Å². The van der Waals surface area contributed by atoms with Crippen molar-refractivity contribution in [3.63, 3.8) is 0 Å². The maximum absolute atomic E-state index is 6.03. The first-order valence-corrected chi connectivity index (χ1v) is 7.08. The molecule has 1 fully saturated rings. The van der Waals surface area contributed by atoms with E-state index >= 15 is 0 Å². The quantitative estimate of drug-likeness (QED) is 0.756. The molecule has 3 rings (SSSR count). The average molecular weight is 323 g/mol. The molecule has 0 aromatic carbocycles. The maximum Gasteiger partial charge on any atom is 0.496 e. The largest absolute Gasteiger partial charge is 0.496 e. The van der Waals surface area contributed by atoms with Crippen LogP contribution in [0.25, 0.3) is 5.52 Å². The first kappa shape index (κ1) is 13.2. The van der Waals surface area contributed by atoms with Crippen LogP contribution >= 0.6 is 15.9 Å². The van der Waals surface area contributed by atoms with E-state index in [4.69, 9.17) is 9.31 Å². The molecular formula is C13H16BBrN2O2. The van der Waals surface area contributed by atoms with Gasteiger partial charge in [0.05, 0.1) is 27.4 Å². The molecule has 2 aromatic heterocycles. The molecule has 0 aliphatic carbocycles. The highest BCUT2D eigenvalue weighted by Crippen LogP contribution is 2.36. The van der Waals surface area contributed by atoms with E-state index < -0.39 is 0 Å². The summed E-state index contributed by atoms with van der Waals surface area (Å²) < 4.78 is 14.9. The van der Waals surface area contributed by atoms with Crippen molar-refractivity contribution in [2.24, 2.45) is 0 Å². The lowest BCUT2D eigenvalue weighted by molar-refractivity contribution is 0.00578. The number of nitrogens with zero attached hydrogens (tertiary/aromatic N) is 2. The molecule has 4 nitrogen and oxygen atoms in total. The standard InChI is InChI=1S/C13H16BBrN2O2/c1-12(2)13(3,4)19-14(18-12)9-5-6-11-10(15)7-16-17(11)8-9/h5-8H,1-4H3. The molecule has 100 valence electrons. The predicted octanol–water partition coefficient (Wildman–Crippen LogP) is 2.40. The van der Waals surface area contributed by atoms with Crippen molar-refractivity contribution in [2.75, 3.05) is 0 Å². The van der Waals surface area contributed by atoms with E-state index in [9.17, 15) is 0 Å². The normalized spacial score (nSPS) is 21.2. The highest BCUT2D eigenvalue weighted by Gasteiger charge is 2.51. The van der Waals surface area contributed by atoms with Gasteiger partial charge in [0.25, 0.3) is 0 Å². The zero-order valence-electron chi connectivity index (χ0n) is 11.5. The van der Waals surface area contributed by atoms with Gasteiger partial charge in [-0.2, -0.15) is 5.10 Å². The molecule has 0 atom stereocenters. The lowest BCUT2D eigenvalue weighted by atomic mass is 9.80. The van der Waals surface area contributed by atoms with Crippen LogP contribution in [0.1, 0.15) is 27.7 Å². The lowest BCUT2D eigenvalue weighted by Crippen LogP contribution is -2.41. The van der Waals surface area contributed by atoms with Gasteiger partial charge in [-0.25, -0.2) is 4.52 Å². The van der Waals surface area contributed by atoms with Crippen molar-refractivity contribution in [3.05, 3.63) is 29.0 Å². The minimum Gasteiger partial charge on any atom is -0.399 e. The molecule has 0 amide bonds. The predicted molar refractivity (Wildman–Crippen MR) is 78.6 cm³/mol. The van der Waals surface area contributed by atoms with Gasteiger partial charge in [0.15, 0.2) is 0 Å². The van der Waals surface area contributed by atoms with Gasteiger partial charge in [-0.15, -0.1) is 0 Å². The van der Waals surface area contributed by atoms with Crippen molar-refractivity contribution in [3.8, 4) is 0 Å². The second kappa shape index (κ2) is 4.07. The third-order valence-corrected chi connectivity index (χ3v) is 4.63. The SMILES string of the molecule is CC1(C)OB(c2ccc3c(Br)cnn3c2)OC1(C)C. The average Bonchev–Trinajstić information content (AvgIpc) is 2.78. The second-order valence-electron chi connectivity index (χ2n) is 5.87. The van der Waals surface area contributed by atoms with Gasteiger partial charge in [-0.1, -0.05) is 6.07 Å². The molecule has 1 aliphatic rings. The van der Waals surface area contributed by atoms with Crippen molar-refractivity contribution in [1.29, 1.82) is 0 Å². The molecule has 0 unspecified atom stereocenters. The fourth-order valence-corrected chi connectivity index (χ4v) is 2.49. The summed E-state index contributed by atoms with van der Waals surface area (Å²) in [5, 5.41) is 4.28. The highest BCUT2D eigenvalue weighted by atomic mass is 79.9. The molecule has 1 aliphatic heterocycles. The number of hydrogen-bond acceptors (Lipinski definition) is 3. The minimum atomic E-state index is -0.350. The number of halogens is 1. The summed E-state index contributed by atoms with van der Waals surface area (Å²) in [6, 6.07) is 4.03. The van der Waals surface area contributed by atoms with Crippen LogP contribution in [-0.2, 0) is 9.31 Å². The summed E-state index contributed by atoms with van der Waals surface area (Å²) in [6.07, 6.45) is 3.73. The molecule has 2 aromatic rings. The van der Waals surface area contributed by atoms with Crippen LogP contribution in [0.5, 0.6) is 0 Å². The maximum atomic E-state index is 6.03. The molecule has 19 heavy (non-hydrogen) atoms. The number of fused-ring (bicyclic) bond motifs is 1. The summed E-state index contributed by atoms with van der Waals surface area (Å²) in [7, 11) is -0.350. The Morgan fingerprint density at radius 1 is 1.16 bits per heavy atom. The van der Waals surface area contributed by atoms with Gasteiger partial charge in [0.2, 0.25) is 0 Å². The number of aromatic nitrogens is 2. The Hall–Kier alpha value is -0.845. The summed E-state index contributed by atoms with van der Waals surface area (Å²) in [4.78, 5) is 0. The first-order chi connectivity index (χ1) is 8.80. The van der Waals surface area contributed by atoms with E-state index in [1.807, 2.05) is 22.8 Å². The van der Waals surface area contributed by atoms with Crippen LogP contribution in [0.4, 0.5) is 0 Å². The molecule has 0 spiro atoms. The fraction of sp³-hybridized carbons (Fsp3) is 0.462. The summed E-state index contributed by atoms with van der Waals surface area (Å²) in [5.41, 5.74) is 1.36. The summed E-state index contributed by atoms with van der Waals surface area (Å²) in [5.74, 6) is 0. The van der Waals surface area contributed by atoms with Gasteiger partial charge >= 0.3 is 7.12 Å². The molecule has 0 radical (unpaired) electrons. The number of hydrogen-bond donors (Lipinski definition) is 0. The molecule has 1 saturated heterocycles. The van der Waals surface area contributed by atoms with Gasteiger partial charge in [-0.3, -0.25) is 0 Å². The van der Waals surface area contributed by atoms with Gasteiger partial charge in [0.1, 0.15) is 0 Å². The first-order valence-electron chi connectivity index (χ1n) is 6.29. The van der Waals surface area contributed by atoms with Crippen LogP contribution in [0.15, 0.2) is 29.0 Å². The van der Waals surface area contributed by atoms with Crippen molar-refractivity contribution >= 4 is 34.0 Å². The molecular weight excluding hydrogens is 307 g/mol. The third kappa shape index (κ3) is 2.02. The Morgan fingerprint density at radius 3 is 2.42 bits per heavy atom. The third-order valence-electron chi connectivity index (χ3n) is 4.02. The monoisotopic (exact) mass is 322 g/mol. The van der Waals surface area contributed by atoms with E-state index in [0.29, 0.717) is 0 Å². The Balaban J connectivity index is 1.98. The smallest absolute Gasteiger partial charge is 0.399 e. The summed E-state index contributed by atoms with van der Waals surface area (Å²) >= 11 is 3.47. The van der Waals surface area contributed by atoms with Gasteiger partial charge in [0, 0.05) is 11.7 Å². The van der Waals surface area contributed by atoms with Crippen LogP contribution in [-0.4, -0.2) is 27.9 Å². The topological polar surface area (TPSA) is 35.8 Å². The van der Waals surface area contributed by atoms with Gasteiger partial charge in [-0.05, 0) is 49.7 Å². The number of pyridine rings is 1.